The van der Waals surface area contributed by atoms with Crippen molar-refractivity contribution < 1.29 is 13.2 Å². The van der Waals surface area contributed by atoms with Crippen LogP contribution in [-0.4, -0.2) is 44.3 Å². The van der Waals surface area contributed by atoms with E-state index in [0.717, 1.165) is 53.0 Å². The van der Waals surface area contributed by atoms with Gasteiger partial charge in [0, 0.05) is 37.4 Å². The predicted octanol–water partition coefficient (Wildman–Crippen LogP) is 2.98. The van der Waals surface area contributed by atoms with Crippen LogP contribution in [0.5, 0.6) is 0 Å². The smallest absolute Gasteiger partial charge is 0.241 e. The summed E-state index contributed by atoms with van der Waals surface area (Å²) in [6.45, 7) is 11.4. The van der Waals surface area contributed by atoms with Crippen LogP contribution < -0.4 is 10.0 Å². The summed E-state index contributed by atoms with van der Waals surface area (Å²) < 4.78 is 28.5. The van der Waals surface area contributed by atoms with E-state index in [-0.39, 0.29) is 18.9 Å². The number of carbonyl (C=O) groups is 1. The van der Waals surface area contributed by atoms with E-state index in [1.807, 2.05) is 34.6 Å². The quantitative estimate of drug-likeness (QED) is 0.706. The first kappa shape index (κ1) is 22.9. The van der Waals surface area contributed by atoms with Crippen LogP contribution in [0.4, 0.5) is 5.13 Å². The topological polar surface area (TPSA) is 91.4 Å². The molecule has 1 aromatic carbocycles. The van der Waals surface area contributed by atoms with Gasteiger partial charge in [-0.3, -0.25) is 4.79 Å². The van der Waals surface area contributed by atoms with Gasteiger partial charge in [-0.1, -0.05) is 0 Å². The summed E-state index contributed by atoms with van der Waals surface area (Å²) in [5.74, 6) is -0.248. The third-order valence-corrected chi connectivity index (χ3v) is 8.74. The molecule has 0 saturated carbocycles. The monoisotopic (exact) mass is 450 g/mol. The Hall–Kier alpha value is -1.81. The number of fused-ring (bicyclic) bond motifs is 1. The fourth-order valence-electron chi connectivity index (χ4n) is 3.80. The molecule has 0 bridgehead atoms. The maximum Gasteiger partial charge on any atom is 0.241 e. The summed E-state index contributed by atoms with van der Waals surface area (Å²) in [7, 11) is -1.65. The number of nitrogens with zero attached hydrogens (tertiary/aromatic N) is 2. The number of carbonyl (C=O) groups excluding carboxylic acids is 1. The van der Waals surface area contributed by atoms with Crippen molar-refractivity contribution in [3.8, 4) is 0 Å². The highest BCUT2D eigenvalue weighted by atomic mass is 32.2. The molecular weight excluding hydrogens is 420 g/mol. The fraction of sp³-hybridized carbons (Fsp3) is 0.524. The SMILES string of the molecule is Cc1c(C)c(C)c(S(=O)(=O)NCCC(=O)Nc2nc3c(s2)CN(C)CC3)c(C)c1C. The van der Waals surface area contributed by atoms with Gasteiger partial charge in [0.05, 0.1) is 10.6 Å². The average molecular weight is 451 g/mol. The summed E-state index contributed by atoms with van der Waals surface area (Å²) in [5, 5.41) is 3.39. The van der Waals surface area contributed by atoms with E-state index in [9.17, 15) is 13.2 Å². The Morgan fingerprint density at radius 2 is 1.67 bits per heavy atom. The number of nitrogens with one attached hydrogen (secondary N) is 2. The maximum absolute atomic E-state index is 12.9. The Kier molecular flexibility index (Phi) is 6.66. The van der Waals surface area contributed by atoms with Crippen LogP contribution in [-0.2, 0) is 27.8 Å². The lowest BCUT2D eigenvalue weighted by Crippen LogP contribution is -2.29. The Labute approximate surface area is 183 Å². The van der Waals surface area contributed by atoms with Gasteiger partial charge in [0.15, 0.2) is 5.13 Å². The zero-order chi connectivity index (χ0) is 22.2. The van der Waals surface area contributed by atoms with E-state index in [1.54, 1.807) is 0 Å². The normalized spacial score (nSPS) is 14.6. The highest BCUT2D eigenvalue weighted by Crippen LogP contribution is 2.30. The fourth-order valence-corrected chi connectivity index (χ4v) is 6.53. The lowest BCUT2D eigenvalue weighted by molar-refractivity contribution is -0.116. The van der Waals surface area contributed by atoms with E-state index in [4.69, 9.17) is 0 Å². The Balaban J connectivity index is 1.63. The molecule has 30 heavy (non-hydrogen) atoms. The first-order valence-corrected chi connectivity index (χ1v) is 12.3. The Morgan fingerprint density at radius 1 is 1.07 bits per heavy atom. The number of benzene rings is 1. The third kappa shape index (κ3) is 4.59. The van der Waals surface area contributed by atoms with Crippen LogP contribution >= 0.6 is 11.3 Å². The second-order valence-electron chi connectivity index (χ2n) is 8.03. The summed E-state index contributed by atoms with van der Waals surface area (Å²) in [4.78, 5) is 20.5. The minimum atomic E-state index is -3.71. The Morgan fingerprint density at radius 3 is 2.30 bits per heavy atom. The number of hydrogen-bond donors (Lipinski definition) is 2. The number of thiazole rings is 1. The molecule has 1 amide bonds. The molecule has 0 spiro atoms. The molecule has 0 atom stereocenters. The molecule has 0 saturated heterocycles. The molecule has 3 rings (SSSR count). The molecule has 1 aromatic heterocycles. The highest BCUT2D eigenvalue weighted by Gasteiger charge is 2.24. The molecule has 2 N–H and O–H groups in total. The van der Waals surface area contributed by atoms with Gasteiger partial charge in [-0.2, -0.15) is 0 Å². The lowest BCUT2D eigenvalue weighted by atomic mass is 9.95. The molecule has 1 aliphatic rings. The molecule has 7 nitrogen and oxygen atoms in total. The van der Waals surface area contributed by atoms with E-state index in [1.165, 1.54) is 16.2 Å². The number of likely N-dealkylation sites (N-methyl/N-ethyl adjacent to an activating group) is 1. The average Bonchev–Trinajstić information content (AvgIpc) is 3.05. The van der Waals surface area contributed by atoms with Crippen molar-refractivity contribution in [2.45, 2.75) is 58.9 Å². The number of hydrogen-bond acceptors (Lipinski definition) is 6. The maximum atomic E-state index is 12.9. The molecule has 0 fully saturated rings. The van der Waals surface area contributed by atoms with Gasteiger partial charge < -0.3 is 10.2 Å². The van der Waals surface area contributed by atoms with Crippen molar-refractivity contribution in [3.05, 3.63) is 38.4 Å². The summed E-state index contributed by atoms with van der Waals surface area (Å²) in [6, 6.07) is 0. The van der Waals surface area contributed by atoms with Gasteiger partial charge in [-0.25, -0.2) is 18.1 Å². The van der Waals surface area contributed by atoms with Crippen LogP contribution in [0.25, 0.3) is 0 Å². The van der Waals surface area contributed by atoms with Crippen molar-refractivity contribution in [1.82, 2.24) is 14.6 Å². The number of amides is 1. The number of rotatable bonds is 6. The molecule has 1 aliphatic heterocycles. The van der Waals surface area contributed by atoms with Crippen LogP contribution in [0.3, 0.4) is 0 Å². The van der Waals surface area contributed by atoms with Gasteiger partial charge in [0.2, 0.25) is 15.9 Å². The summed E-state index contributed by atoms with van der Waals surface area (Å²) in [6.07, 6.45) is 0.928. The molecule has 0 aliphatic carbocycles. The van der Waals surface area contributed by atoms with Crippen LogP contribution in [0.1, 0.15) is 44.8 Å². The van der Waals surface area contributed by atoms with Crippen molar-refractivity contribution in [1.29, 1.82) is 0 Å². The zero-order valence-corrected chi connectivity index (χ0v) is 20.1. The number of anilines is 1. The Bertz CT molecular complexity index is 1060. The van der Waals surface area contributed by atoms with E-state index in [2.05, 4.69) is 27.0 Å². The molecule has 9 heteroatoms. The molecule has 2 heterocycles. The van der Waals surface area contributed by atoms with E-state index < -0.39 is 10.0 Å². The predicted molar refractivity (Wildman–Crippen MR) is 121 cm³/mol. The highest BCUT2D eigenvalue weighted by molar-refractivity contribution is 7.89. The summed E-state index contributed by atoms with van der Waals surface area (Å²) >= 11 is 1.49. The number of aromatic nitrogens is 1. The first-order chi connectivity index (χ1) is 14.0. The van der Waals surface area contributed by atoms with E-state index in [0.29, 0.717) is 10.0 Å². The standard InChI is InChI=1S/C21H30N4O3S2/c1-12-13(2)15(4)20(16(5)14(12)3)30(27,28)22-9-7-19(26)24-21-23-17-8-10-25(6)11-18(17)29-21/h22H,7-11H2,1-6H3,(H,23,24,26). The zero-order valence-electron chi connectivity index (χ0n) is 18.5. The van der Waals surface area contributed by atoms with Crippen LogP contribution in [0, 0.1) is 34.6 Å². The van der Waals surface area contributed by atoms with Crippen molar-refractivity contribution in [3.63, 3.8) is 0 Å². The van der Waals surface area contributed by atoms with Gasteiger partial charge in [0.25, 0.3) is 0 Å². The molecule has 164 valence electrons. The number of sulfonamides is 1. The molecule has 2 aromatic rings. The summed E-state index contributed by atoms with van der Waals surface area (Å²) in [5.41, 5.74) is 5.63. The van der Waals surface area contributed by atoms with Gasteiger partial charge in [-0.05, 0) is 69.5 Å². The van der Waals surface area contributed by atoms with Gasteiger partial charge in [0.1, 0.15) is 0 Å². The van der Waals surface area contributed by atoms with Crippen molar-refractivity contribution in [2.75, 3.05) is 25.5 Å². The largest absolute Gasteiger partial charge is 0.302 e. The van der Waals surface area contributed by atoms with E-state index >= 15 is 0 Å². The van der Waals surface area contributed by atoms with Crippen molar-refractivity contribution in [2.24, 2.45) is 0 Å². The second kappa shape index (κ2) is 8.74. The van der Waals surface area contributed by atoms with Crippen LogP contribution in [0.2, 0.25) is 0 Å². The lowest BCUT2D eigenvalue weighted by Gasteiger charge is -2.20. The van der Waals surface area contributed by atoms with Crippen LogP contribution in [0.15, 0.2) is 4.90 Å². The van der Waals surface area contributed by atoms with Crippen molar-refractivity contribution >= 4 is 32.4 Å². The third-order valence-electron chi connectivity index (χ3n) is 6.01. The molecule has 0 unspecified atom stereocenters. The molecular formula is C21H30N4O3S2. The first-order valence-electron chi connectivity index (χ1n) is 10.0. The van der Waals surface area contributed by atoms with Gasteiger partial charge >= 0.3 is 0 Å². The van der Waals surface area contributed by atoms with Gasteiger partial charge in [-0.15, -0.1) is 11.3 Å². The minimum Gasteiger partial charge on any atom is -0.302 e. The minimum absolute atomic E-state index is 0.0346. The second-order valence-corrected chi connectivity index (χ2v) is 10.8. The molecule has 0 radical (unpaired) electrons.